The number of piperidine rings is 1. The number of benzene rings is 3. The summed E-state index contributed by atoms with van der Waals surface area (Å²) in [6.45, 7) is 9.03. The monoisotopic (exact) mass is 475 g/mol. The van der Waals surface area contributed by atoms with Crippen molar-refractivity contribution in [3.8, 4) is 0 Å². The number of rotatable bonds is 7. The second-order valence-electron chi connectivity index (χ2n) is 9.84. The van der Waals surface area contributed by atoms with Crippen LogP contribution in [-0.2, 0) is 11.3 Å². The fraction of sp³-hybridized carbons (Fsp3) is 0.367. The van der Waals surface area contributed by atoms with Crippen LogP contribution in [0.3, 0.4) is 0 Å². The van der Waals surface area contributed by atoms with Gasteiger partial charge in [0.1, 0.15) is 6.54 Å². The lowest BCUT2D eigenvalue weighted by Gasteiger charge is -2.49. The van der Waals surface area contributed by atoms with E-state index in [0.717, 1.165) is 65.2 Å². The number of hydrogen-bond donors (Lipinski definition) is 1. The lowest BCUT2D eigenvalue weighted by Crippen LogP contribution is -2.62. The quantitative estimate of drug-likeness (QED) is 0.357. The number of likely N-dealkylation sites (tertiary alicyclic amines) is 1. The highest BCUT2D eigenvalue weighted by atomic mass is 35.5. The van der Waals surface area contributed by atoms with Gasteiger partial charge >= 0.3 is 0 Å². The molecule has 4 rings (SSSR count). The zero-order chi connectivity index (χ0) is 24.1. The minimum absolute atomic E-state index is 0.121. The summed E-state index contributed by atoms with van der Waals surface area (Å²) in [5.74, 6) is 0.562. The van der Waals surface area contributed by atoms with Crippen molar-refractivity contribution in [3.05, 3.63) is 100 Å². The number of nitrogens with one attached hydrogen (secondary N) is 1. The van der Waals surface area contributed by atoms with Gasteiger partial charge in [-0.2, -0.15) is 0 Å². The number of amides is 1. The molecule has 1 heterocycles. The molecule has 0 spiro atoms. The molecule has 1 N–H and O–H groups in total. The molecule has 3 nitrogen and oxygen atoms in total. The first kappa shape index (κ1) is 24.5. The molecule has 178 valence electrons. The Bertz CT molecular complexity index is 1110. The normalized spacial score (nSPS) is 21.1. The molecule has 0 radical (unpaired) electrons. The van der Waals surface area contributed by atoms with Gasteiger partial charge in [-0.05, 0) is 55.5 Å². The van der Waals surface area contributed by atoms with Crippen molar-refractivity contribution in [3.63, 3.8) is 0 Å². The SMILES string of the molecule is CCC(C(=O)Nc1c(C)cccc1C)[N+]1(Cc2cccc(Cl)c2)CCCC(c2ccccc2)C1. The molecule has 1 aliphatic rings. The van der Waals surface area contributed by atoms with Crippen molar-refractivity contribution >= 4 is 23.2 Å². The van der Waals surface area contributed by atoms with Gasteiger partial charge in [-0.15, -0.1) is 0 Å². The van der Waals surface area contributed by atoms with Crippen LogP contribution in [0, 0.1) is 13.8 Å². The van der Waals surface area contributed by atoms with Gasteiger partial charge in [-0.1, -0.05) is 79.2 Å². The van der Waals surface area contributed by atoms with E-state index in [0.29, 0.717) is 5.92 Å². The standard InChI is InChI=1S/C30H35ClN2O/c1-4-28(30(34)32-29-22(2)11-8-12-23(29)3)33(20-24-13-9-17-27(31)19-24)18-10-16-26(21-33)25-14-6-5-7-15-25/h5-9,11-15,17,19,26,28H,4,10,16,18,20-21H2,1-3H3/p+1. The van der Waals surface area contributed by atoms with Crippen molar-refractivity contribution in [1.82, 2.24) is 0 Å². The number of nitrogens with zero attached hydrogens (tertiary/aromatic N) is 1. The fourth-order valence-corrected chi connectivity index (χ4v) is 6.06. The van der Waals surface area contributed by atoms with Gasteiger partial charge in [0.2, 0.25) is 0 Å². The zero-order valence-electron chi connectivity index (χ0n) is 20.6. The molecule has 3 atom stereocenters. The summed E-state index contributed by atoms with van der Waals surface area (Å²) in [5.41, 5.74) is 5.72. The van der Waals surface area contributed by atoms with E-state index in [1.807, 2.05) is 18.2 Å². The summed E-state index contributed by atoms with van der Waals surface area (Å²) in [5, 5.41) is 4.07. The maximum atomic E-state index is 13.9. The van der Waals surface area contributed by atoms with Crippen molar-refractivity contribution in [2.45, 2.75) is 58.5 Å². The van der Waals surface area contributed by atoms with Crippen LogP contribution in [0.5, 0.6) is 0 Å². The molecule has 3 unspecified atom stereocenters. The highest BCUT2D eigenvalue weighted by Crippen LogP contribution is 2.37. The van der Waals surface area contributed by atoms with Crippen LogP contribution in [0.2, 0.25) is 5.02 Å². The Hall–Kier alpha value is -2.62. The minimum Gasteiger partial charge on any atom is -0.320 e. The smallest absolute Gasteiger partial charge is 0.282 e. The molecule has 4 heteroatoms. The van der Waals surface area contributed by atoms with Crippen LogP contribution in [-0.4, -0.2) is 29.5 Å². The number of para-hydroxylation sites is 1. The maximum Gasteiger partial charge on any atom is 0.282 e. The van der Waals surface area contributed by atoms with Crippen LogP contribution in [0.1, 0.15) is 54.4 Å². The summed E-state index contributed by atoms with van der Waals surface area (Å²) in [4.78, 5) is 13.9. The Morgan fingerprint density at radius 2 is 1.74 bits per heavy atom. The molecule has 1 saturated heterocycles. The van der Waals surface area contributed by atoms with E-state index in [-0.39, 0.29) is 11.9 Å². The molecule has 0 aromatic heterocycles. The number of carbonyl (C=O) groups is 1. The summed E-state index contributed by atoms with van der Waals surface area (Å²) >= 11 is 6.36. The molecule has 0 aliphatic carbocycles. The van der Waals surface area contributed by atoms with Gasteiger partial charge in [0.25, 0.3) is 5.91 Å². The molecule has 3 aromatic rings. The molecule has 34 heavy (non-hydrogen) atoms. The van der Waals surface area contributed by atoms with Crippen LogP contribution in [0.15, 0.2) is 72.8 Å². The number of anilines is 1. The third kappa shape index (κ3) is 5.37. The average Bonchev–Trinajstić information content (AvgIpc) is 2.83. The topological polar surface area (TPSA) is 29.1 Å². The molecular formula is C30H36ClN2O+. The van der Waals surface area contributed by atoms with Crippen molar-refractivity contribution in [2.75, 3.05) is 18.4 Å². The predicted octanol–water partition coefficient (Wildman–Crippen LogP) is 7.27. The number of carbonyl (C=O) groups excluding carboxylic acids is 1. The summed E-state index contributed by atoms with van der Waals surface area (Å²) in [7, 11) is 0. The van der Waals surface area contributed by atoms with Crippen LogP contribution >= 0.6 is 11.6 Å². The van der Waals surface area contributed by atoms with E-state index < -0.39 is 0 Å². The minimum atomic E-state index is -0.135. The first-order valence-corrected chi connectivity index (χ1v) is 12.8. The number of hydrogen-bond acceptors (Lipinski definition) is 1. The van der Waals surface area contributed by atoms with E-state index >= 15 is 0 Å². The molecule has 3 aromatic carbocycles. The highest BCUT2D eigenvalue weighted by molar-refractivity contribution is 6.30. The first-order chi connectivity index (χ1) is 16.4. The predicted molar refractivity (Wildman–Crippen MR) is 142 cm³/mol. The zero-order valence-corrected chi connectivity index (χ0v) is 21.3. The number of quaternary nitrogens is 1. The average molecular weight is 476 g/mol. The lowest BCUT2D eigenvalue weighted by atomic mass is 9.86. The second-order valence-corrected chi connectivity index (χ2v) is 10.3. The van der Waals surface area contributed by atoms with Crippen molar-refractivity contribution in [1.29, 1.82) is 0 Å². The summed E-state index contributed by atoms with van der Waals surface area (Å²) in [6.07, 6.45) is 3.06. The van der Waals surface area contributed by atoms with Crippen LogP contribution in [0.25, 0.3) is 0 Å². The second kappa shape index (κ2) is 10.8. The van der Waals surface area contributed by atoms with Gasteiger partial charge in [-0.25, -0.2) is 0 Å². The van der Waals surface area contributed by atoms with Gasteiger partial charge in [0.05, 0.1) is 13.1 Å². The van der Waals surface area contributed by atoms with Gasteiger partial charge in [0.15, 0.2) is 6.04 Å². The molecule has 1 aliphatic heterocycles. The Kier molecular flexibility index (Phi) is 7.75. The van der Waals surface area contributed by atoms with Crippen LogP contribution in [0.4, 0.5) is 5.69 Å². The van der Waals surface area contributed by atoms with E-state index in [9.17, 15) is 4.79 Å². The lowest BCUT2D eigenvalue weighted by molar-refractivity contribution is -0.960. The molecular weight excluding hydrogens is 440 g/mol. The Labute approximate surface area is 209 Å². The van der Waals surface area contributed by atoms with E-state index in [4.69, 9.17) is 11.6 Å². The maximum absolute atomic E-state index is 13.9. The Morgan fingerprint density at radius 1 is 1.03 bits per heavy atom. The Morgan fingerprint density at radius 3 is 2.41 bits per heavy atom. The third-order valence-corrected chi connectivity index (χ3v) is 7.71. The highest BCUT2D eigenvalue weighted by Gasteiger charge is 2.45. The number of halogens is 1. The molecule has 0 bridgehead atoms. The van der Waals surface area contributed by atoms with Gasteiger partial charge < -0.3 is 9.80 Å². The fourth-order valence-electron chi connectivity index (χ4n) is 5.85. The number of aryl methyl sites for hydroxylation is 2. The largest absolute Gasteiger partial charge is 0.320 e. The van der Waals surface area contributed by atoms with Crippen LogP contribution < -0.4 is 5.32 Å². The summed E-state index contributed by atoms with van der Waals surface area (Å²) in [6, 6.07) is 25.0. The summed E-state index contributed by atoms with van der Waals surface area (Å²) < 4.78 is 0.757. The Balaban J connectivity index is 1.70. The van der Waals surface area contributed by atoms with Crippen molar-refractivity contribution in [2.24, 2.45) is 0 Å². The van der Waals surface area contributed by atoms with Gasteiger partial charge in [0, 0.05) is 28.6 Å². The van der Waals surface area contributed by atoms with Gasteiger partial charge in [-0.3, -0.25) is 4.79 Å². The van der Waals surface area contributed by atoms with E-state index in [1.165, 1.54) is 11.1 Å². The third-order valence-electron chi connectivity index (χ3n) is 7.48. The first-order valence-electron chi connectivity index (χ1n) is 12.4. The molecule has 0 saturated carbocycles. The van der Waals surface area contributed by atoms with E-state index in [2.05, 4.69) is 80.7 Å². The van der Waals surface area contributed by atoms with E-state index in [1.54, 1.807) is 0 Å². The molecule has 1 amide bonds. The van der Waals surface area contributed by atoms with Crippen molar-refractivity contribution < 1.29 is 9.28 Å². The molecule has 1 fully saturated rings.